The number of benzene rings is 1. The number of methoxy groups -OCH3 is 2. The Morgan fingerprint density at radius 3 is 2.32 bits per heavy atom. The van der Waals surface area contributed by atoms with Crippen LogP contribution in [0, 0.1) is 0 Å². The van der Waals surface area contributed by atoms with Gasteiger partial charge in [-0.2, -0.15) is 0 Å². The van der Waals surface area contributed by atoms with Gasteiger partial charge >= 0.3 is 0 Å². The van der Waals surface area contributed by atoms with E-state index < -0.39 is 0 Å². The molecule has 0 fully saturated rings. The minimum Gasteiger partial charge on any atom is -0.493 e. The molecule has 0 unspecified atom stereocenters. The van der Waals surface area contributed by atoms with Crippen molar-refractivity contribution in [1.29, 1.82) is 0 Å². The van der Waals surface area contributed by atoms with Gasteiger partial charge in [-0.05, 0) is 24.6 Å². The van der Waals surface area contributed by atoms with Crippen LogP contribution in [0.25, 0.3) is 0 Å². The van der Waals surface area contributed by atoms with Crippen molar-refractivity contribution in [3.63, 3.8) is 0 Å². The molecule has 0 aliphatic heterocycles. The van der Waals surface area contributed by atoms with Gasteiger partial charge in [-0.25, -0.2) is 0 Å². The van der Waals surface area contributed by atoms with Crippen LogP contribution in [-0.2, 0) is 16.1 Å². The maximum Gasteiger partial charge on any atom is 0.230 e. The van der Waals surface area contributed by atoms with E-state index in [0.717, 1.165) is 5.56 Å². The fourth-order valence-corrected chi connectivity index (χ4v) is 1.69. The molecule has 0 heterocycles. The lowest BCUT2D eigenvalue weighted by atomic mass is 10.2. The first-order chi connectivity index (χ1) is 8.97. The highest BCUT2D eigenvalue weighted by molar-refractivity contribution is 5.96. The van der Waals surface area contributed by atoms with Gasteiger partial charge in [0.1, 0.15) is 5.78 Å². The molecule has 0 bridgehead atoms. The monoisotopic (exact) mass is 265 g/mol. The van der Waals surface area contributed by atoms with Gasteiger partial charge in [0.05, 0.1) is 20.6 Å². The van der Waals surface area contributed by atoms with Crippen molar-refractivity contribution in [3.05, 3.63) is 23.8 Å². The van der Waals surface area contributed by atoms with Crippen molar-refractivity contribution in [3.8, 4) is 11.5 Å². The van der Waals surface area contributed by atoms with Crippen molar-refractivity contribution in [2.75, 3.05) is 21.3 Å². The summed E-state index contributed by atoms with van der Waals surface area (Å²) in [6.07, 6.45) is -0.0657. The predicted molar refractivity (Wildman–Crippen MR) is 71.3 cm³/mol. The maximum absolute atomic E-state index is 11.7. The molecule has 5 nitrogen and oxygen atoms in total. The van der Waals surface area contributed by atoms with Crippen molar-refractivity contribution < 1.29 is 19.1 Å². The van der Waals surface area contributed by atoms with Crippen molar-refractivity contribution in [2.24, 2.45) is 0 Å². The van der Waals surface area contributed by atoms with E-state index in [1.165, 1.54) is 11.8 Å². The van der Waals surface area contributed by atoms with Crippen molar-refractivity contribution in [1.82, 2.24) is 4.90 Å². The van der Waals surface area contributed by atoms with Crippen LogP contribution in [0.15, 0.2) is 18.2 Å². The number of carbonyl (C=O) groups excluding carboxylic acids is 2. The lowest BCUT2D eigenvalue weighted by molar-refractivity contribution is -0.134. The summed E-state index contributed by atoms with van der Waals surface area (Å²) in [5, 5.41) is 0. The highest BCUT2D eigenvalue weighted by Crippen LogP contribution is 2.27. The van der Waals surface area contributed by atoms with E-state index in [0.29, 0.717) is 18.0 Å². The first-order valence-electron chi connectivity index (χ1n) is 5.92. The molecule has 0 spiro atoms. The maximum atomic E-state index is 11.7. The molecule has 0 saturated carbocycles. The van der Waals surface area contributed by atoms with E-state index in [1.54, 1.807) is 27.3 Å². The van der Waals surface area contributed by atoms with Crippen LogP contribution >= 0.6 is 0 Å². The number of ketones is 1. The Kier molecular flexibility index (Phi) is 5.36. The number of carbonyl (C=O) groups is 2. The van der Waals surface area contributed by atoms with E-state index in [9.17, 15) is 9.59 Å². The highest BCUT2D eigenvalue weighted by Gasteiger charge is 2.12. The summed E-state index contributed by atoms with van der Waals surface area (Å²) in [6.45, 7) is 1.83. The smallest absolute Gasteiger partial charge is 0.230 e. The molecule has 0 radical (unpaired) electrons. The molecule has 104 valence electrons. The topological polar surface area (TPSA) is 55.8 Å². The van der Waals surface area contributed by atoms with E-state index in [1.807, 2.05) is 12.1 Å². The summed E-state index contributed by atoms with van der Waals surface area (Å²) in [7, 11) is 4.80. The highest BCUT2D eigenvalue weighted by atomic mass is 16.5. The van der Waals surface area contributed by atoms with Crippen molar-refractivity contribution >= 4 is 11.7 Å². The summed E-state index contributed by atoms with van der Waals surface area (Å²) in [5.41, 5.74) is 0.914. The molecule has 0 aliphatic carbocycles. The number of rotatable bonds is 6. The Hall–Kier alpha value is -2.04. The molecule has 0 atom stereocenters. The SMILES string of the molecule is COc1ccc(CN(C)C(=O)CC(C)=O)cc1OC. The number of hydrogen-bond acceptors (Lipinski definition) is 4. The fraction of sp³-hybridized carbons (Fsp3) is 0.429. The summed E-state index contributed by atoms with van der Waals surface area (Å²) in [4.78, 5) is 24.1. The lowest BCUT2D eigenvalue weighted by Crippen LogP contribution is -2.27. The normalized spacial score (nSPS) is 9.89. The second kappa shape index (κ2) is 6.78. The van der Waals surface area contributed by atoms with Gasteiger partial charge in [0, 0.05) is 13.6 Å². The molecular formula is C14H19NO4. The zero-order valence-electron chi connectivity index (χ0n) is 11.7. The quantitative estimate of drug-likeness (QED) is 0.734. The largest absolute Gasteiger partial charge is 0.493 e. The average molecular weight is 265 g/mol. The number of nitrogens with zero attached hydrogens (tertiary/aromatic N) is 1. The summed E-state index contributed by atoms with van der Waals surface area (Å²) >= 11 is 0. The average Bonchev–Trinajstić information content (AvgIpc) is 2.37. The Balaban J connectivity index is 2.76. The molecule has 19 heavy (non-hydrogen) atoms. The minimum absolute atomic E-state index is 0.0657. The summed E-state index contributed by atoms with van der Waals surface area (Å²) < 4.78 is 10.3. The number of hydrogen-bond donors (Lipinski definition) is 0. The van der Waals surface area contributed by atoms with Crippen LogP contribution in [-0.4, -0.2) is 37.9 Å². The van der Waals surface area contributed by atoms with Gasteiger partial charge in [0.15, 0.2) is 11.5 Å². The predicted octanol–water partition coefficient (Wildman–Crippen LogP) is 1.64. The van der Waals surface area contributed by atoms with Gasteiger partial charge in [0.25, 0.3) is 0 Å². The van der Waals surface area contributed by atoms with E-state index in [2.05, 4.69) is 0 Å². The van der Waals surface area contributed by atoms with Crippen LogP contribution in [0.3, 0.4) is 0 Å². The Labute approximate surface area is 113 Å². The van der Waals surface area contributed by atoms with Crippen LogP contribution < -0.4 is 9.47 Å². The molecule has 1 aromatic carbocycles. The van der Waals surface area contributed by atoms with Gasteiger partial charge in [-0.3, -0.25) is 9.59 Å². The van der Waals surface area contributed by atoms with E-state index >= 15 is 0 Å². The fourth-order valence-electron chi connectivity index (χ4n) is 1.69. The van der Waals surface area contributed by atoms with E-state index in [-0.39, 0.29) is 18.1 Å². The van der Waals surface area contributed by atoms with Crippen LogP contribution in [0.4, 0.5) is 0 Å². The van der Waals surface area contributed by atoms with Crippen LogP contribution in [0.2, 0.25) is 0 Å². The van der Waals surface area contributed by atoms with Gasteiger partial charge in [-0.15, -0.1) is 0 Å². The molecule has 1 rings (SSSR count). The van der Waals surface area contributed by atoms with Crippen molar-refractivity contribution in [2.45, 2.75) is 19.9 Å². The molecule has 1 amide bonds. The second-order valence-electron chi connectivity index (χ2n) is 4.32. The molecule has 1 aromatic rings. The first-order valence-corrected chi connectivity index (χ1v) is 5.92. The second-order valence-corrected chi connectivity index (χ2v) is 4.32. The zero-order valence-corrected chi connectivity index (χ0v) is 11.7. The third-order valence-corrected chi connectivity index (χ3v) is 2.69. The summed E-state index contributed by atoms with van der Waals surface area (Å²) in [6, 6.07) is 5.47. The molecule has 5 heteroatoms. The third kappa shape index (κ3) is 4.28. The molecule has 0 N–H and O–H groups in total. The van der Waals surface area contributed by atoms with Crippen LogP contribution in [0.5, 0.6) is 11.5 Å². The van der Waals surface area contributed by atoms with Crippen LogP contribution in [0.1, 0.15) is 18.9 Å². The Morgan fingerprint density at radius 2 is 1.79 bits per heavy atom. The standard InChI is InChI=1S/C14H19NO4/c1-10(16)7-14(17)15(2)9-11-5-6-12(18-3)13(8-11)19-4/h5-6,8H,7,9H2,1-4H3. The van der Waals surface area contributed by atoms with Gasteiger partial charge < -0.3 is 14.4 Å². The Morgan fingerprint density at radius 1 is 1.16 bits per heavy atom. The molecule has 0 saturated heterocycles. The van der Waals surface area contributed by atoms with Gasteiger partial charge in [-0.1, -0.05) is 6.07 Å². The first kappa shape index (κ1) is 15.0. The molecule has 0 aromatic heterocycles. The lowest BCUT2D eigenvalue weighted by Gasteiger charge is -2.17. The molecular weight excluding hydrogens is 246 g/mol. The Bertz CT molecular complexity index is 471. The van der Waals surface area contributed by atoms with Gasteiger partial charge in [0.2, 0.25) is 5.91 Å². The number of Topliss-reactive ketones (excluding diaryl/α,β-unsaturated/α-hetero) is 1. The minimum atomic E-state index is -0.192. The number of ether oxygens (including phenoxy) is 2. The third-order valence-electron chi connectivity index (χ3n) is 2.69. The molecule has 0 aliphatic rings. The van der Waals surface area contributed by atoms with E-state index in [4.69, 9.17) is 9.47 Å². The number of amides is 1. The zero-order chi connectivity index (χ0) is 14.4. The summed E-state index contributed by atoms with van der Waals surface area (Å²) in [5.74, 6) is 0.933.